The van der Waals surface area contributed by atoms with Crippen LogP contribution in [-0.2, 0) is 4.74 Å². The highest BCUT2D eigenvalue weighted by Gasteiger charge is 2.29. The third-order valence-electron chi connectivity index (χ3n) is 3.66. The zero-order valence-electron chi connectivity index (χ0n) is 14.4. The van der Waals surface area contributed by atoms with Crippen LogP contribution in [0.15, 0.2) is 16.6 Å². The Morgan fingerprint density at radius 1 is 1.40 bits per heavy atom. The van der Waals surface area contributed by atoms with E-state index < -0.39 is 23.4 Å². The number of amides is 2. The quantitative estimate of drug-likeness (QED) is 0.702. The first-order valence-corrected chi connectivity index (χ1v) is 9.17. The number of benzene rings is 1. The summed E-state index contributed by atoms with van der Waals surface area (Å²) >= 11 is 8.99. The summed E-state index contributed by atoms with van der Waals surface area (Å²) in [4.78, 5) is 26.1. The van der Waals surface area contributed by atoms with Crippen molar-refractivity contribution in [3.63, 3.8) is 0 Å². The molecule has 0 radical (unpaired) electrons. The number of rotatable bonds is 2. The highest BCUT2D eigenvalue weighted by atomic mass is 79.9. The van der Waals surface area contributed by atoms with Crippen LogP contribution >= 0.6 is 27.5 Å². The Hall–Kier alpha value is -1.34. The minimum atomic E-state index is -0.689. The maximum Gasteiger partial charge on any atom is 0.410 e. The number of hydrogen-bond acceptors (Lipinski definition) is 3. The van der Waals surface area contributed by atoms with Crippen LogP contribution in [0, 0.1) is 5.82 Å². The maximum atomic E-state index is 14.0. The number of ether oxygens (including phenoxy) is 1. The number of nitrogens with zero attached hydrogens (tertiary/aromatic N) is 1. The van der Waals surface area contributed by atoms with E-state index in [2.05, 4.69) is 21.2 Å². The molecule has 0 unspecified atom stereocenters. The van der Waals surface area contributed by atoms with E-state index >= 15 is 0 Å². The van der Waals surface area contributed by atoms with Crippen molar-refractivity contribution >= 4 is 39.5 Å². The second-order valence-corrected chi connectivity index (χ2v) is 8.25. The highest BCUT2D eigenvalue weighted by molar-refractivity contribution is 9.10. The molecule has 5 nitrogen and oxygen atoms in total. The molecule has 1 aromatic rings. The molecule has 2 rings (SSSR count). The molecule has 2 amide bonds. The zero-order chi connectivity index (χ0) is 18.8. The molecule has 0 aromatic heterocycles. The summed E-state index contributed by atoms with van der Waals surface area (Å²) in [6.07, 6.45) is 1.03. The van der Waals surface area contributed by atoms with Gasteiger partial charge in [0.05, 0.1) is 10.6 Å². The molecule has 0 bridgehead atoms. The van der Waals surface area contributed by atoms with Crippen molar-refractivity contribution in [1.82, 2.24) is 10.2 Å². The lowest BCUT2D eigenvalue weighted by Crippen LogP contribution is -2.50. The van der Waals surface area contributed by atoms with Gasteiger partial charge in [0, 0.05) is 23.6 Å². The normalized spacial score (nSPS) is 18.0. The minimum absolute atomic E-state index is 0.0920. The average Bonchev–Trinajstić information content (AvgIpc) is 2.49. The van der Waals surface area contributed by atoms with Crippen LogP contribution in [0.25, 0.3) is 0 Å². The maximum absolute atomic E-state index is 14.0. The van der Waals surface area contributed by atoms with Gasteiger partial charge in [0.25, 0.3) is 5.91 Å². The van der Waals surface area contributed by atoms with Gasteiger partial charge in [-0.15, -0.1) is 0 Å². The molecule has 1 aliphatic rings. The lowest BCUT2D eigenvalue weighted by Gasteiger charge is -2.34. The van der Waals surface area contributed by atoms with Crippen molar-refractivity contribution < 1.29 is 18.7 Å². The van der Waals surface area contributed by atoms with Crippen molar-refractivity contribution in [2.24, 2.45) is 0 Å². The Bertz CT molecular complexity index is 679. The second kappa shape index (κ2) is 7.91. The molecule has 138 valence electrons. The number of carbonyl (C=O) groups excluding carboxylic acids is 2. The fourth-order valence-corrected chi connectivity index (χ4v) is 3.04. The summed E-state index contributed by atoms with van der Waals surface area (Å²) in [5.41, 5.74) is -0.669. The number of hydrogen-bond donors (Lipinski definition) is 1. The lowest BCUT2D eigenvalue weighted by atomic mass is 10.1. The van der Waals surface area contributed by atoms with E-state index in [9.17, 15) is 14.0 Å². The smallest absolute Gasteiger partial charge is 0.410 e. The largest absolute Gasteiger partial charge is 0.444 e. The van der Waals surface area contributed by atoms with Crippen LogP contribution < -0.4 is 5.32 Å². The predicted molar refractivity (Wildman–Crippen MR) is 97.4 cm³/mol. The first kappa shape index (κ1) is 20.0. The molecule has 0 saturated carbocycles. The van der Waals surface area contributed by atoms with Gasteiger partial charge in [-0.05, 0) is 61.7 Å². The van der Waals surface area contributed by atoms with Gasteiger partial charge in [-0.25, -0.2) is 9.18 Å². The topological polar surface area (TPSA) is 58.6 Å². The fourth-order valence-electron chi connectivity index (χ4n) is 2.55. The van der Waals surface area contributed by atoms with Crippen LogP contribution in [0.1, 0.15) is 44.0 Å². The highest BCUT2D eigenvalue weighted by Crippen LogP contribution is 2.26. The molecule has 8 heteroatoms. The summed E-state index contributed by atoms with van der Waals surface area (Å²) in [7, 11) is 0. The van der Waals surface area contributed by atoms with Gasteiger partial charge in [-0.2, -0.15) is 0 Å². The monoisotopic (exact) mass is 434 g/mol. The molecule has 1 N–H and O–H groups in total. The molecule has 0 aliphatic carbocycles. The predicted octanol–water partition coefficient (Wildman–Crippen LogP) is 4.37. The van der Waals surface area contributed by atoms with Crippen LogP contribution in [0.5, 0.6) is 0 Å². The Balaban J connectivity index is 2.02. The minimum Gasteiger partial charge on any atom is -0.444 e. The summed E-state index contributed by atoms with van der Waals surface area (Å²) in [6, 6.07) is 2.18. The molecule has 0 spiro atoms. The van der Waals surface area contributed by atoms with Gasteiger partial charge in [0.15, 0.2) is 0 Å². The van der Waals surface area contributed by atoms with Gasteiger partial charge < -0.3 is 15.0 Å². The molecule has 1 heterocycles. The van der Waals surface area contributed by atoms with Crippen molar-refractivity contribution in [1.29, 1.82) is 0 Å². The molecule has 1 aromatic carbocycles. The molecule has 1 aliphatic heterocycles. The Morgan fingerprint density at radius 3 is 2.72 bits per heavy atom. The van der Waals surface area contributed by atoms with Gasteiger partial charge >= 0.3 is 6.09 Å². The Morgan fingerprint density at radius 2 is 2.08 bits per heavy atom. The Labute approximate surface area is 160 Å². The average molecular weight is 436 g/mol. The molecular formula is C17H21BrClFN2O3. The first-order valence-electron chi connectivity index (χ1n) is 8.00. The van der Waals surface area contributed by atoms with Crippen molar-refractivity contribution in [3.05, 3.63) is 33.0 Å². The number of carbonyl (C=O) groups is 2. The molecular weight excluding hydrogens is 415 g/mol. The third kappa shape index (κ3) is 5.57. The number of piperidine rings is 1. The first-order chi connectivity index (χ1) is 11.6. The van der Waals surface area contributed by atoms with Crippen molar-refractivity contribution in [2.75, 3.05) is 13.1 Å². The fraction of sp³-hybridized carbons (Fsp3) is 0.529. The SMILES string of the molecule is CC(C)(C)OC(=O)N1CCC[C@@H](NC(=O)c2cc(Br)c(Cl)cc2F)C1. The number of nitrogens with one attached hydrogen (secondary N) is 1. The van der Waals surface area contributed by atoms with Gasteiger partial charge in [0.1, 0.15) is 11.4 Å². The van der Waals surface area contributed by atoms with E-state index in [-0.39, 0.29) is 16.6 Å². The van der Waals surface area contributed by atoms with E-state index in [1.165, 1.54) is 6.07 Å². The van der Waals surface area contributed by atoms with E-state index in [4.69, 9.17) is 16.3 Å². The summed E-state index contributed by atoms with van der Waals surface area (Å²) in [6.45, 7) is 6.30. The van der Waals surface area contributed by atoms with E-state index in [1.54, 1.807) is 25.7 Å². The van der Waals surface area contributed by atoms with Crippen LogP contribution in [0.2, 0.25) is 5.02 Å². The van der Waals surface area contributed by atoms with Gasteiger partial charge in [-0.1, -0.05) is 11.6 Å². The summed E-state index contributed by atoms with van der Waals surface area (Å²) < 4.78 is 19.8. The van der Waals surface area contributed by atoms with Gasteiger partial charge in [-0.3, -0.25) is 4.79 Å². The van der Waals surface area contributed by atoms with E-state index in [0.717, 1.165) is 12.5 Å². The number of likely N-dealkylation sites (tertiary alicyclic amines) is 1. The summed E-state index contributed by atoms with van der Waals surface area (Å²) in [5.74, 6) is -1.23. The second-order valence-electron chi connectivity index (χ2n) is 6.99. The number of halogens is 3. The van der Waals surface area contributed by atoms with E-state index in [1.807, 2.05) is 0 Å². The summed E-state index contributed by atoms with van der Waals surface area (Å²) in [5, 5.41) is 2.98. The van der Waals surface area contributed by atoms with Crippen LogP contribution in [-0.4, -0.2) is 41.6 Å². The molecule has 1 saturated heterocycles. The van der Waals surface area contributed by atoms with Crippen LogP contribution in [0.3, 0.4) is 0 Å². The standard InChI is InChI=1S/C17H21BrClFN2O3/c1-17(2,3)25-16(24)22-6-4-5-10(9-22)21-15(23)11-7-12(18)13(19)8-14(11)20/h7-8,10H,4-6,9H2,1-3H3,(H,21,23)/t10-/m1/s1. The molecule has 1 atom stereocenters. The Kier molecular flexibility index (Phi) is 6.32. The molecule has 1 fully saturated rings. The zero-order valence-corrected chi connectivity index (χ0v) is 16.7. The lowest BCUT2D eigenvalue weighted by molar-refractivity contribution is 0.0185. The third-order valence-corrected chi connectivity index (χ3v) is 4.86. The molecule has 25 heavy (non-hydrogen) atoms. The van der Waals surface area contributed by atoms with E-state index in [0.29, 0.717) is 24.0 Å². The van der Waals surface area contributed by atoms with Crippen molar-refractivity contribution in [2.45, 2.75) is 45.3 Å². The van der Waals surface area contributed by atoms with Crippen molar-refractivity contribution in [3.8, 4) is 0 Å². The van der Waals surface area contributed by atoms with Gasteiger partial charge in [0.2, 0.25) is 0 Å². The van der Waals surface area contributed by atoms with Crippen LogP contribution in [0.4, 0.5) is 9.18 Å².